The minimum Gasteiger partial charge on any atom is -0.356 e. The molecule has 2 aromatic heterocycles. The number of nitrogens with zero attached hydrogens (tertiary/aromatic N) is 4. The number of piperidine rings is 1. The summed E-state index contributed by atoms with van der Waals surface area (Å²) >= 11 is 0. The molecule has 1 saturated heterocycles. The van der Waals surface area contributed by atoms with E-state index in [1.54, 1.807) is 16.7 Å². The number of rotatable bonds is 5. The second-order valence-electron chi connectivity index (χ2n) is 6.46. The molecule has 0 amide bonds. The fourth-order valence-electron chi connectivity index (χ4n) is 3.43. The average molecular weight is 366 g/mol. The molecular weight excluding hydrogens is 343 g/mol. The molecule has 0 radical (unpaired) electrons. The Morgan fingerprint density at radius 3 is 2.60 bits per heavy atom. The molecule has 9 heteroatoms. The zero-order chi connectivity index (χ0) is 18.0. The lowest BCUT2D eigenvalue weighted by Gasteiger charge is -2.33. The van der Waals surface area contributed by atoms with Crippen LogP contribution >= 0.6 is 7.60 Å². The van der Waals surface area contributed by atoms with Gasteiger partial charge in [0.2, 0.25) is 0 Å². The van der Waals surface area contributed by atoms with Crippen molar-refractivity contribution in [3.05, 3.63) is 28.8 Å². The summed E-state index contributed by atoms with van der Waals surface area (Å²) in [4.78, 5) is 40.9. The van der Waals surface area contributed by atoms with Crippen LogP contribution in [0.25, 0.3) is 11.0 Å². The quantitative estimate of drug-likeness (QED) is 0.774. The molecule has 1 fully saturated rings. The van der Waals surface area contributed by atoms with Crippen LogP contribution < -0.4 is 10.5 Å². The molecule has 3 heterocycles. The highest BCUT2D eigenvalue weighted by molar-refractivity contribution is 7.51. The van der Waals surface area contributed by atoms with Gasteiger partial charge in [-0.1, -0.05) is 0 Å². The molecule has 8 nitrogen and oxygen atoms in total. The zero-order valence-electron chi connectivity index (χ0n) is 14.2. The smallest absolute Gasteiger partial charge is 0.325 e. The molecule has 0 aromatic carbocycles. The van der Waals surface area contributed by atoms with E-state index in [-0.39, 0.29) is 11.7 Å². The summed E-state index contributed by atoms with van der Waals surface area (Å²) in [7, 11) is -3.92. The normalized spacial score (nSPS) is 16.5. The third-order valence-corrected chi connectivity index (χ3v) is 5.66. The number of aryl methyl sites for hydroxylation is 1. The van der Waals surface area contributed by atoms with E-state index < -0.39 is 7.60 Å². The monoisotopic (exact) mass is 366 g/mol. The van der Waals surface area contributed by atoms with Crippen molar-refractivity contribution in [3.63, 3.8) is 0 Å². The first-order valence-corrected chi connectivity index (χ1v) is 10.3. The molecule has 1 aliphatic heterocycles. The van der Waals surface area contributed by atoms with Gasteiger partial charge in [0, 0.05) is 25.7 Å². The van der Waals surface area contributed by atoms with Crippen LogP contribution in [0, 0.1) is 5.92 Å². The predicted octanol–water partition coefficient (Wildman–Crippen LogP) is 1.60. The first-order chi connectivity index (χ1) is 11.9. The maximum atomic E-state index is 12.0. The van der Waals surface area contributed by atoms with Gasteiger partial charge >= 0.3 is 7.60 Å². The Morgan fingerprint density at radius 2 is 1.96 bits per heavy atom. The average Bonchev–Trinajstić information content (AvgIpc) is 2.59. The van der Waals surface area contributed by atoms with Crippen LogP contribution in [0.5, 0.6) is 0 Å². The predicted molar refractivity (Wildman–Crippen MR) is 95.9 cm³/mol. The number of hydrogen-bond acceptors (Lipinski definition) is 5. The molecule has 2 aromatic rings. The minimum absolute atomic E-state index is 0.0448. The molecule has 25 heavy (non-hydrogen) atoms. The van der Waals surface area contributed by atoms with E-state index in [1.807, 2.05) is 6.92 Å². The maximum Gasteiger partial charge on any atom is 0.325 e. The van der Waals surface area contributed by atoms with Crippen LogP contribution in [-0.2, 0) is 11.1 Å². The van der Waals surface area contributed by atoms with Gasteiger partial charge in [-0.3, -0.25) is 13.9 Å². The fraction of sp³-hybridized carbons (Fsp3) is 0.562. The summed E-state index contributed by atoms with van der Waals surface area (Å²) in [6.07, 6.45) is 3.75. The van der Waals surface area contributed by atoms with E-state index in [9.17, 15) is 9.36 Å². The lowest BCUT2D eigenvalue weighted by atomic mass is 9.94. The van der Waals surface area contributed by atoms with E-state index in [1.165, 1.54) is 6.33 Å². The first-order valence-electron chi connectivity index (χ1n) is 8.53. The zero-order valence-corrected chi connectivity index (χ0v) is 15.1. The summed E-state index contributed by atoms with van der Waals surface area (Å²) in [6, 6.07) is 3.32. The van der Waals surface area contributed by atoms with Crippen molar-refractivity contribution < 1.29 is 14.4 Å². The first kappa shape index (κ1) is 18.0. The fourth-order valence-corrected chi connectivity index (χ4v) is 4.13. The van der Waals surface area contributed by atoms with Crippen molar-refractivity contribution in [3.8, 4) is 0 Å². The summed E-state index contributed by atoms with van der Waals surface area (Å²) in [5, 5.41) is 0.859. The molecule has 0 saturated carbocycles. The van der Waals surface area contributed by atoms with Crippen LogP contribution in [0.1, 0.15) is 26.2 Å². The van der Waals surface area contributed by atoms with Crippen molar-refractivity contribution in [1.29, 1.82) is 0 Å². The van der Waals surface area contributed by atoms with Gasteiger partial charge in [0.15, 0.2) is 0 Å². The summed E-state index contributed by atoms with van der Waals surface area (Å²) in [6.45, 7) is 4.03. The molecule has 136 valence electrons. The van der Waals surface area contributed by atoms with Gasteiger partial charge in [-0.25, -0.2) is 9.97 Å². The third kappa shape index (κ3) is 4.08. The second-order valence-corrected chi connectivity index (χ2v) is 8.23. The Kier molecular flexibility index (Phi) is 5.22. The molecule has 0 atom stereocenters. The van der Waals surface area contributed by atoms with Gasteiger partial charge in [-0.05, 0) is 38.2 Å². The number of hydrogen-bond donors (Lipinski definition) is 2. The molecule has 1 aliphatic rings. The maximum absolute atomic E-state index is 12.0. The topological polar surface area (TPSA) is 109 Å². The van der Waals surface area contributed by atoms with Gasteiger partial charge < -0.3 is 14.7 Å². The highest BCUT2D eigenvalue weighted by Crippen LogP contribution is 2.38. The standard InChI is InChI=1S/C16H23N4O4P/c1-2-20-14(21)4-3-13-15(17-11-18-16(13)20)19-8-5-12(6-9-19)7-10-25(22,23)24/h3-4,11-12H,2,5-10H2,1H3,(H2,22,23,24). The van der Waals surface area contributed by atoms with Gasteiger partial charge in [-0.2, -0.15) is 0 Å². The van der Waals surface area contributed by atoms with Crippen molar-refractivity contribution in [2.24, 2.45) is 5.92 Å². The SMILES string of the molecule is CCn1c(=O)ccc2c(N3CCC(CCP(=O)(O)O)CC3)ncnc21. The van der Waals surface area contributed by atoms with E-state index in [4.69, 9.17) is 9.79 Å². The van der Waals surface area contributed by atoms with Crippen LogP contribution in [0.3, 0.4) is 0 Å². The summed E-state index contributed by atoms with van der Waals surface area (Å²) < 4.78 is 12.7. The number of fused-ring (bicyclic) bond motifs is 1. The Hall–Kier alpha value is -1.76. The lowest BCUT2D eigenvalue weighted by Crippen LogP contribution is -2.35. The Bertz CT molecular complexity index is 855. The van der Waals surface area contributed by atoms with E-state index in [2.05, 4.69) is 14.9 Å². The highest BCUT2D eigenvalue weighted by atomic mass is 31.2. The Labute approximate surface area is 145 Å². The minimum atomic E-state index is -3.92. The Balaban J connectivity index is 1.78. The largest absolute Gasteiger partial charge is 0.356 e. The lowest BCUT2D eigenvalue weighted by molar-refractivity contribution is 0.350. The van der Waals surface area contributed by atoms with E-state index in [0.29, 0.717) is 24.5 Å². The number of pyridine rings is 1. The van der Waals surface area contributed by atoms with Gasteiger partial charge in [-0.15, -0.1) is 0 Å². The van der Waals surface area contributed by atoms with Crippen molar-refractivity contribution in [2.45, 2.75) is 32.7 Å². The van der Waals surface area contributed by atoms with Gasteiger partial charge in [0.05, 0.1) is 11.5 Å². The van der Waals surface area contributed by atoms with E-state index >= 15 is 0 Å². The molecule has 0 bridgehead atoms. The highest BCUT2D eigenvalue weighted by Gasteiger charge is 2.24. The van der Waals surface area contributed by atoms with Crippen molar-refractivity contribution in [2.75, 3.05) is 24.2 Å². The van der Waals surface area contributed by atoms with Gasteiger partial charge in [0.25, 0.3) is 5.56 Å². The summed E-state index contributed by atoms with van der Waals surface area (Å²) in [5.74, 6) is 1.14. The number of aromatic nitrogens is 3. The molecule has 2 N–H and O–H groups in total. The molecule has 0 unspecified atom stereocenters. The van der Waals surface area contributed by atoms with Crippen molar-refractivity contribution in [1.82, 2.24) is 14.5 Å². The van der Waals surface area contributed by atoms with Crippen LogP contribution in [0.4, 0.5) is 5.82 Å². The van der Waals surface area contributed by atoms with Crippen LogP contribution in [0.2, 0.25) is 0 Å². The molecule has 0 aliphatic carbocycles. The van der Waals surface area contributed by atoms with Gasteiger partial charge in [0.1, 0.15) is 17.8 Å². The van der Waals surface area contributed by atoms with Crippen LogP contribution in [-0.4, -0.2) is 43.6 Å². The number of anilines is 1. The van der Waals surface area contributed by atoms with Crippen molar-refractivity contribution >= 4 is 24.4 Å². The second kappa shape index (κ2) is 7.23. The summed E-state index contributed by atoms with van der Waals surface area (Å²) in [5.41, 5.74) is 0.569. The van der Waals surface area contributed by atoms with Crippen LogP contribution in [0.15, 0.2) is 23.3 Å². The Morgan fingerprint density at radius 1 is 1.24 bits per heavy atom. The third-order valence-electron chi connectivity index (χ3n) is 4.82. The van der Waals surface area contributed by atoms with E-state index in [0.717, 1.165) is 37.1 Å². The molecular formula is C16H23N4O4P. The molecule has 3 rings (SSSR count). The molecule has 0 spiro atoms.